The summed E-state index contributed by atoms with van der Waals surface area (Å²) in [6.45, 7) is 1.77. The number of carbonyl (C=O) groups is 2. The Morgan fingerprint density at radius 1 is 0.914 bits per heavy atom. The molecule has 0 radical (unpaired) electrons. The summed E-state index contributed by atoms with van der Waals surface area (Å²) >= 11 is 7.50. The molecule has 0 aliphatic rings. The van der Waals surface area contributed by atoms with Gasteiger partial charge in [-0.25, -0.2) is 9.97 Å². The molecule has 0 atom stereocenters. The van der Waals surface area contributed by atoms with Gasteiger partial charge in [0.05, 0.1) is 23.8 Å². The number of fused-ring (bicyclic) bond motifs is 1. The lowest BCUT2D eigenvalue weighted by Crippen LogP contribution is -2.31. The summed E-state index contributed by atoms with van der Waals surface area (Å²) in [6, 6.07) is 21.9. The lowest BCUT2D eigenvalue weighted by molar-refractivity contribution is 0.0977. The third-order valence-electron chi connectivity index (χ3n) is 5.44. The van der Waals surface area contributed by atoms with Gasteiger partial charge in [0.15, 0.2) is 5.78 Å². The van der Waals surface area contributed by atoms with E-state index in [-0.39, 0.29) is 23.9 Å². The standard InChI is InChI=1S/C27H19ClN4O2S/c1-17(33)19-5-4-6-21(13-19)32(27(34)25-15-29-23-7-2-3-8-24(23)31-25)16-22-14-30-26(35-22)18-9-11-20(28)12-10-18/h2-15H,16H2,1H3. The Morgan fingerprint density at radius 2 is 1.69 bits per heavy atom. The Labute approximate surface area is 210 Å². The zero-order valence-electron chi connectivity index (χ0n) is 18.7. The molecule has 0 aliphatic carbocycles. The van der Waals surface area contributed by atoms with Gasteiger partial charge in [-0.2, -0.15) is 0 Å². The maximum absolute atomic E-state index is 13.7. The van der Waals surface area contributed by atoms with Gasteiger partial charge in [0, 0.05) is 32.9 Å². The molecule has 1 amide bonds. The molecule has 0 spiro atoms. The van der Waals surface area contributed by atoms with Crippen LogP contribution in [0.3, 0.4) is 0 Å². The van der Waals surface area contributed by atoms with Crippen molar-refractivity contribution in [1.29, 1.82) is 0 Å². The molecule has 3 aromatic carbocycles. The van der Waals surface area contributed by atoms with Gasteiger partial charge >= 0.3 is 0 Å². The number of anilines is 1. The number of benzene rings is 3. The van der Waals surface area contributed by atoms with Crippen LogP contribution < -0.4 is 4.90 Å². The highest BCUT2D eigenvalue weighted by molar-refractivity contribution is 7.15. The van der Waals surface area contributed by atoms with Crippen molar-refractivity contribution in [2.24, 2.45) is 0 Å². The number of carbonyl (C=O) groups excluding carboxylic acids is 2. The highest BCUT2D eigenvalue weighted by Crippen LogP contribution is 2.29. The van der Waals surface area contributed by atoms with Crippen LogP contribution in [0.15, 0.2) is 85.2 Å². The molecule has 0 saturated heterocycles. The Hall–Kier alpha value is -3.94. The summed E-state index contributed by atoms with van der Waals surface area (Å²) in [6.07, 6.45) is 3.24. The lowest BCUT2D eigenvalue weighted by atomic mass is 10.1. The number of ketones is 1. The summed E-state index contributed by atoms with van der Waals surface area (Å²) in [5, 5.41) is 1.48. The van der Waals surface area contributed by atoms with Crippen LogP contribution in [0, 0.1) is 0 Å². The average Bonchev–Trinajstić information content (AvgIpc) is 3.36. The van der Waals surface area contributed by atoms with Crippen molar-refractivity contribution in [3.63, 3.8) is 0 Å². The van der Waals surface area contributed by atoms with Crippen LogP contribution in [-0.2, 0) is 6.54 Å². The molecule has 5 aromatic rings. The van der Waals surface area contributed by atoms with E-state index in [4.69, 9.17) is 11.6 Å². The van der Waals surface area contributed by atoms with Crippen molar-refractivity contribution >= 4 is 51.3 Å². The van der Waals surface area contributed by atoms with Gasteiger partial charge in [0.1, 0.15) is 10.7 Å². The van der Waals surface area contributed by atoms with Gasteiger partial charge in [-0.3, -0.25) is 14.6 Å². The van der Waals surface area contributed by atoms with Crippen LogP contribution in [0.25, 0.3) is 21.6 Å². The second-order valence-electron chi connectivity index (χ2n) is 7.88. The van der Waals surface area contributed by atoms with Crippen LogP contribution in [0.1, 0.15) is 32.6 Å². The van der Waals surface area contributed by atoms with Gasteiger partial charge in [-0.05, 0) is 43.3 Å². The van der Waals surface area contributed by atoms with Crippen LogP contribution in [0.4, 0.5) is 5.69 Å². The van der Waals surface area contributed by atoms with Crippen molar-refractivity contribution in [2.75, 3.05) is 4.90 Å². The molecule has 8 heteroatoms. The fraction of sp³-hybridized carbons (Fsp3) is 0.0741. The quantitative estimate of drug-likeness (QED) is 0.251. The highest BCUT2D eigenvalue weighted by atomic mass is 35.5. The minimum absolute atomic E-state index is 0.0763. The van der Waals surface area contributed by atoms with E-state index in [9.17, 15) is 9.59 Å². The molecule has 2 heterocycles. The van der Waals surface area contributed by atoms with E-state index < -0.39 is 0 Å². The number of para-hydroxylation sites is 2. The molecule has 0 aliphatic heterocycles. The van der Waals surface area contributed by atoms with E-state index in [0.29, 0.717) is 27.3 Å². The molecular formula is C27H19ClN4O2S. The maximum Gasteiger partial charge on any atom is 0.278 e. The molecule has 0 fully saturated rings. The van der Waals surface area contributed by atoms with E-state index in [1.165, 1.54) is 24.5 Å². The molecule has 172 valence electrons. The van der Waals surface area contributed by atoms with Crippen LogP contribution in [0.5, 0.6) is 0 Å². The summed E-state index contributed by atoms with van der Waals surface area (Å²) in [7, 11) is 0. The van der Waals surface area contributed by atoms with Crippen LogP contribution in [-0.4, -0.2) is 26.6 Å². The first-order valence-corrected chi connectivity index (χ1v) is 12.0. The highest BCUT2D eigenvalue weighted by Gasteiger charge is 2.22. The minimum atomic E-state index is -0.314. The maximum atomic E-state index is 13.7. The molecule has 35 heavy (non-hydrogen) atoms. The fourth-order valence-corrected chi connectivity index (χ4v) is 4.67. The Bertz CT molecular complexity index is 1550. The zero-order valence-corrected chi connectivity index (χ0v) is 20.3. The predicted octanol–water partition coefficient (Wildman–Crippen LogP) is 6.46. The lowest BCUT2D eigenvalue weighted by Gasteiger charge is -2.22. The van der Waals surface area contributed by atoms with Gasteiger partial charge in [0.2, 0.25) is 0 Å². The largest absolute Gasteiger partial charge is 0.302 e. The topological polar surface area (TPSA) is 76.1 Å². The molecule has 0 bridgehead atoms. The second kappa shape index (κ2) is 9.74. The number of nitrogens with zero attached hydrogens (tertiary/aromatic N) is 4. The van der Waals surface area contributed by atoms with E-state index >= 15 is 0 Å². The SMILES string of the molecule is CC(=O)c1cccc(N(Cc2cnc(-c3ccc(Cl)cc3)s2)C(=O)c2cnc3ccccc3n2)c1. The number of halogens is 1. The van der Waals surface area contributed by atoms with E-state index in [2.05, 4.69) is 15.0 Å². The van der Waals surface area contributed by atoms with Crippen molar-refractivity contribution in [3.8, 4) is 10.6 Å². The fourth-order valence-electron chi connectivity index (χ4n) is 3.63. The molecule has 2 aromatic heterocycles. The summed E-state index contributed by atoms with van der Waals surface area (Å²) in [5.74, 6) is -0.391. The van der Waals surface area contributed by atoms with Crippen molar-refractivity contribution < 1.29 is 9.59 Å². The van der Waals surface area contributed by atoms with Crippen LogP contribution in [0.2, 0.25) is 5.02 Å². The molecule has 6 nitrogen and oxygen atoms in total. The molecule has 0 N–H and O–H groups in total. The number of thiazole rings is 1. The summed E-state index contributed by atoms with van der Waals surface area (Å²) in [5.41, 5.74) is 3.64. The average molecular weight is 499 g/mol. The first-order valence-electron chi connectivity index (χ1n) is 10.8. The number of amides is 1. The first-order chi connectivity index (χ1) is 17.0. The van der Waals surface area contributed by atoms with Crippen molar-refractivity contribution in [1.82, 2.24) is 15.0 Å². The van der Waals surface area contributed by atoms with Crippen molar-refractivity contribution in [3.05, 3.63) is 106 Å². The van der Waals surface area contributed by atoms with E-state index in [1.54, 1.807) is 35.4 Å². The Kier molecular flexibility index (Phi) is 6.35. The third kappa shape index (κ3) is 4.96. The minimum Gasteiger partial charge on any atom is -0.302 e. The van der Waals surface area contributed by atoms with Gasteiger partial charge in [-0.15, -0.1) is 11.3 Å². The number of Topliss-reactive ketones (excluding diaryl/α,β-unsaturated/α-hetero) is 1. The van der Waals surface area contributed by atoms with Crippen molar-refractivity contribution in [2.45, 2.75) is 13.5 Å². The van der Waals surface area contributed by atoms with Crippen LogP contribution >= 0.6 is 22.9 Å². The molecule has 0 unspecified atom stereocenters. The monoisotopic (exact) mass is 498 g/mol. The zero-order chi connectivity index (χ0) is 24.4. The molecular weight excluding hydrogens is 480 g/mol. The normalized spacial score (nSPS) is 10.9. The van der Waals surface area contributed by atoms with Gasteiger partial charge < -0.3 is 4.90 Å². The summed E-state index contributed by atoms with van der Waals surface area (Å²) < 4.78 is 0. The smallest absolute Gasteiger partial charge is 0.278 e. The van der Waals surface area contributed by atoms with Gasteiger partial charge in [0.25, 0.3) is 5.91 Å². The van der Waals surface area contributed by atoms with Gasteiger partial charge in [-0.1, -0.05) is 48.0 Å². The molecule has 5 rings (SSSR count). The number of aromatic nitrogens is 3. The summed E-state index contributed by atoms with van der Waals surface area (Å²) in [4.78, 5) is 41.7. The molecule has 0 saturated carbocycles. The third-order valence-corrected chi connectivity index (χ3v) is 6.72. The number of hydrogen-bond donors (Lipinski definition) is 0. The first kappa shape index (κ1) is 22.8. The Morgan fingerprint density at radius 3 is 2.46 bits per heavy atom. The Balaban J connectivity index is 1.52. The number of rotatable bonds is 6. The predicted molar refractivity (Wildman–Crippen MR) is 139 cm³/mol. The van der Waals surface area contributed by atoms with E-state index in [1.807, 2.05) is 48.5 Å². The second-order valence-corrected chi connectivity index (χ2v) is 9.43. The van der Waals surface area contributed by atoms with E-state index in [0.717, 1.165) is 15.4 Å². The number of hydrogen-bond acceptors (Lipinski definition) is 6.